The molecule has 0 aliphatic carbocycles. The number of nitrogens with zero attached hydrogens (tertiary/aromatic N) is 1. The molecule has 0 aliphatic rings. The van der Waals surface area contributed by atoms with Crippen molar-refractivity contribution < 1.29 is 8.83 Å². The molecule has 51 heavy (non-hydrogen) atoms. The minimum Gasteiger partial charge on any atom is -0.456 e. The normalized spacial score (nSPS) is 11.5. The number of hydrogen-bond acceptors (Lipinski definition) is 3. The predicted molar refractivity (Wildman–Crippen MR) is 212 cm³/mol. The first-order valence-corrected chi connectivity index (χ1v) is 17.3. The van der Waals surface area contributed by atoms with Crippen LogP contribution in [0.25, 0.3) is 77.3 Å². The Hall–Kier alpha value is -6.84. The van der Waals surface area contributed by atoms with Gasteiger partial charge in [-0.2, -0.15) is 0 Å². The second kappa shape index (κ2) is 11.9. The van der Waals surface area contributed by atoms with Crippen LogP contribution in [0.1, 0.15) is 0 Å². The van der Waals surface area contributed by atoms with E-state index >= 15 is 0 Å². The van der Waals surface area contributed by atoms with Crippen molar-refractivity contribution in [3.8, 4) is 33.4 Å². The number of rotatable bonds is 6. The Morgan fingerprint density at radius 2 is 0.863 bits per heavy atom. The minimum atomic E-state index is 0.868. The van der Waals surface area contributed by atoms with E-state index in [4.69, 9.17) is 8.83 Å². The highest BCUT2D eigenvalue weighted by Crippen LogP contribution is 2.47. The molecule has 0 bridgehead atoms. The number of hydrogen-bond donors (Lipinski definition) is 0. The highest BCUT2D eigenvalue weighted by atomic mass is 16.3. The summed E-state index contributed by atoms with van der Waals surface area (Å²) in [4.78, 5) is 2.38. The maximum Gasteiger partial charge on any atom is 0.136 e. The Bertz CT molecular complexity index is 2850. The second-order valence-corrected chi connectivity index (χ2v) is 12.9. The fourth-order valence-corrected chi connectivity index (χ4v) is 7.48. The Labute approximate surface area is 295 Å². The monoisotopic (exact) mass is 653 g/mol. The number of fused-ring (bicyclic) bond motifs is 6. The van der Waals surface area contributed by atoms with E-state index in [0.717, 1.165) is 83.2 Å². The van der Waals surface area contributed by atoms with E-state index in [2.05, 4.69) is 169 Å². The molecule has 240 valence electrons. The van der Waals surface area contributed by atoms with Gasteiger partial charge in [0, 0.05) is 38.5 Å². The largest absolute Gasteiger partial charge is 0.456 e. The van der Waals surface area contributed by atoms with Gasteiger partial charge in [-0.25, -0.2) is 0 Å². The quantitative estimate of drug-likeness (QED) is 0.179. The topological polar surface area (TPSA) is 29.5 Å². The fraction of sp³-hybridized carbons (Fsp3) is 0. The molecule has 0 unspecified atom stereocenters. The van der Waals surface area contributed by atoms with Gasteiger partial charge in [-0.05, 0) is 88.5 Å². The molecule has 3 heteroatoms. The molecule has 0 saturated carbocycles. The van der Waals surface area contributed by atoms with Crippen LogP contribution in [0.3, 0.4) is 0 Å². The van der Waals surface area contributed by atoms with E-state index < -0.39 is 0 Å². The molecule has 3 nitrogen and oxygen atoms in total. The lowest BCUT2D eigenvalue weighted by atomic mass is 9.91. The summed E-state index contributed by atoms with van der Waals surface area (Å²) in [5.41, 5.74) is 13.5. The second-order valence-electron chi connectivity index (χ2n) is 12.9. The fourth-order valence-electron chi connectivity index (χ4n) is 7.48. The zero-order valence-corrected chi connectivity index (χ0v) is 27.7. The van der Waals surface area contributed by atoms with E-state index in [1.807, 2.05) is 24.3 Å². The third-order valence-electron chi connectivity index (χ3n) is 9.89. The van der Waals surface area contributed by atoms with Gasteiger partial charge < -0.3 is 13.7 Å². The van der Waals surface area contributed by atoms with Gasteiger partial charge in [-0.15, -0.1) is 0 Å². The zero-order valence-electron chi connectivity index (χ0n) is 27.7. The molecule has 0 fully saturated rings. The van der Waals surface area contributed by atoms with Crippen LogP contribution in [0.4, 0.5) is 17.1 Å². The number of benzene rings is 8. The highest BCUT2D eigenvalue weighted by molar-refractivity contribution is 6.09. The molecule has 0 atom stereocenters. The van der Waals surface area contributed by atoms with Gasteiger partial charge in [0.1, 0.15) is 22.3 Å². The van der Waals surface area contributed by atoms with Gasteiger partial charge in [-0.3, -0.25) is 0 Å². The standard InChI is InChI=1S/C48H31NO2/c1-3-12-32(13-4-1)33-22-25-36(26-23-33)49(37-27-29-46-42(31-37)40-17-8-10-21-45(40)50-46)43-19-11-18-38(34-14-5-2-6-15-34)48(43)35-24-28-41-39-16-7-9-20-44(39)51-47(41)30-35/h1-31H. The molecule has 8 aromatic carbocycles. The van der Waals surface area contributed by atoms with Crippen molar-refractivity contribution in [3.63, 3.8) is 0 Å². The molecule has 0 N–H and O–H groups in total. The van der Waals surface area contributed by atoms with Crippen molar-refractivity contribution >= 4 is 60.9 Å². The van der Waals surface area contributed by atoms with Gasteiger partial charge in [0.15, 0.2) is 0 Å². The van der Waals surface area contributed by atoms with Crippen molar-refractivity contribution in [2.75, 3.05) is 4.90 Å². The summed E-state index contributed by atoms with van der Waals surface area (Å²) < 4.78 is 12.7. The Balaban J connectivity index is 1.24. The number of furan rings is 2. The minimum absolute atomic E-state index is 0.868. The highest BCUT2D eigenvalue weighted by Gasteiger charge is 2.22. The lowest BCUT2D eigenvalue weighted by Crippen LogP contribution is -2.11. The SMILES string of the molecule is c1ccc(-c2ccc(N(c3ccc4oc5ccccc5c4c3)c3cccc(-c4ccccc4)c3-c3ccc4c(c3)oc3ccccc34)cc2)cc1. The van der Waals surface area contributed by atoms with Crippen LogP contribution in [0, 0.1) is 0 Å². The van der Waals surface area contributed by atoms with Crippen LogP contribution in [0.2, 0.25) is 0 Å². The Kier molecular flexibility index (Phi) is 6.81. The first-order chi connectivity index (χ1) is 25.3. The summed E-state index contributed by atoms with van der Waals surface area (Å²) in [6.45, 7) is 0. The van der Waals surface area contributed by atoms with Crippen molar-refractivity contribution in [2.45, 2.75) is 0 Å². The van der Waals surface area contributed by atoms with E-state index in [1.165, 1.54) is 11.1 Å². The maximum atomic E-state index is 6.44. The third kappa shape index (κ3) is 4.98. The zero-order chi connectivity index (χ0) is 33.7. The molecular weight excluding hydrogens is 623 g/mol. The van der Waals surface area contributed by atoms with Crippen LogP contribution >= 0.6 is 0 Å². The van der Waals surface area contributed by atoms with E-state index in [9.17, 15) is 0 Å². The summed E-state index contributed by atoms with van der Waals surface area (Å²) in [5.74, 6) is 0. The van der Waals surface area contributed by atoms with Crippen molar-refractivity contribution in [2.24, 2.45) is 0 Å². The van der Waals surface area contributed by atoms with Gasteiger partial charge in [-0.1, -0.05) is 127 Å². The molecular formula is C48H31NO2. The molecule has 0 aliphatic heterocycles. The van der Waals surface area contributed by atoms with Crippen LogP contribution in [-0.4, -0.2) is 0 Å². The molecule has 2 aromatic heterocycles. The molecule has 0 saturated heterocycles. The summed E-state index contributed by atoms with van der Waals surface area (Å²) in [7, 11) is 0. The van der Waals surface area contributed by atoms with Crippen LogP contribution in [0.15, 0.2) is 197 Å². The molecule has 0 radical (unpaired) electrons. The summed E-state index contributed by atoms with van der Waals surface area (Å²) >= 11 is 0. The van der Waals surface area contributed by atoms with Gasteiger partial charge >= 0.3 is 0 Å². The molecule has 2 heterocycles. The van der Waals surface area contributed by atoms with E-state index in [0.29, 0.717) is 0 Å². The average molecular weight is 654 g/mol. The maximum absolute atomic E-state index is 6.44. The van der Waals surface area contributed by atoms with E-state index in [-0.39, 0.29) is 0 Å². The lowest BCUT2D eigenvalue weighted by Gasteiger charge is -2.29. The van der Waals surface area contributed by atoms with Crippen LogP contribution < -0.4 is 4.90 Å². The molecule has 10 aromatic rings. The van der Waals surface area contributed by atoms with Crippen LogP contribution in [0.5, 0.6) is 0 Å². The number of para-hydroxylation sites is 2. The molecule has 10 rings (SSSR count). The van der Waals surface area contributed by atoms with Gasteiger partial charge in [0.05, 0.1) is 5.69 Å². The summed E-state index contributed by atoms with van der Waals surface area (Å²) in [6.07, 6.45) is 0. The van der Waals surface area contributed by atoms with Crippen molar-refractivity contribution in [3.05, 3.63) is 188 Å². The third-order valence-corrected chi connectivity index (χ3v) is 9.89. The first-order valence-electron chi connectivity index (χ1n) is 17.3. The Morgan fingerprint density at radius 1 is 0.314 bits per heavy atom. The molecule has 0 amide bonds. The predicted octanol–water partition coefficient (Wildman–Crippen LogP) is 14.0. The summed E-state index contributed by atoms with van der Waals surface area (Å²) in [6, 6.07) is 66.3. The van der Waals surface area contributed by atoms with Crippen LogP contribution in [-0.2, 0) is 0 Å². The van der Waals surface area contributed by atoms with Crippen molar-refractivity contribution in [1.82, 2.24) is 0 Å². The Morgan fingerprint density at radius 3 is 1.61 bits per heavy atom. The van der Waals surface area contributed by atoms with Crippen molar-refractivity contribution in [1.29, 1.82) is 0 Å². The molecule has 0 spiro atoms. The number of anilines is 3. The lowest BCUT2D eigenvalue weighted by molar-refractivity contribution is 0.668. The first kappa shape index (κ1) is 29.1. The average Bonchev–Trinajstić information content (AvgIpc) is 3.76. The smallest absolute Gasteiger partial charge is 0.136 e. The van der Waals surface area contributed by atoms with Gasteiger partial charge in [0.2, 0.25) is 0 Å². The van der Waals surface area contributed by atoms with Gasteiger partial charge in [0.25, 0.3) is 0 Å². The van der Waals surface area contributed by atoms with E-state index in [1.54, 1.807) is 0 Å². The summed E-state index contributed by atoms with van der Waals surface area (Å²) in [5, 5.41) is 4.41.